The molecule has 0 saturated heterocycles. The number of nitrogens with two attached hydrogens (primary N) is 1. The largest absolute Gasteiger partial charge is 0.325 e. The number of carbonyl (C=O) groups excluding carboxylic acids is 1. The van der Waals surface area contributed by atoms with Gasteiger partial charge in [0.15, 0.2) is 0 Å². The quantitative estimate of drug-likeness (QED) is 0.825. The molecular weight excluding hydrogens is 238 g/mol. The molecule has 104 valence electrons. The van der Waals surface area contributed by atoms with Crippen LogP contribution >= 0.6 is 0 Å². The maximum Gasteiger partial charge on any atom is 0.243 e. The molecule has 0 radical (unpaired) electrons. The topological polar surface area (TPSA) is 58.7 Å². The van der Waals surface area contributed by atoms with Crippen molar-refractivity contribution in [2.45, 2.75) is 56.9 Å². The van der Waals surface area contributed by atoms with Gasteiger partial charge in [0.05, 0.1) is 11.3 Å². The molecule has 5 aliphatic rings. The molecule has 4 aliphatic carbocycles. The van der Waals surface area contributed by atoms with E-state index in [0.29, 0.717) is 13.0 Å². The lowest BCUT2D eigenvalue weighted by Crippen LogP contribution is -2.60. The second-order valence-corrected chi connectivity index (χ2v) is 7.22. The van der Waals surface area contributed by atoms with Crippen LogP contribution in [0.2, 0.25) is 0 Å². The summed E-state index contributed by atoms with van der Waals surface area (Å²) in [6.07, 6.45) is 9.12. The number of hydrogen-bond acceptors (Lipinski definition) is 3. The lowest BCUT2D eigenvalue weighted by atomic mass is 9.52. The van der Waals surface area contributed by atoms with Gasteiger partial charge in [-0.3, -0.25) is 4.79 Å². The minimum Gasteiger partial charge on any atom is -0.325 e. The minimum atomic E-state index is 0.0622. The van der Waals surface area contributed by atoms with Gasteiger partial charge in [0.25, 0.3) is 0 Å². The predicted molar refractivity (Wildman–Crippen MR) is 73.5 cm³/mol. The maximum absolute atomic E-state index is 12.3. The highest BCUT2D eigenvalue weighted by Crippen LogP contribution is 2.58. The second kappa shape index (κ2) is 4.05. The van der Waals surface area contributed by atoms with Crippen LogP contribution in [-0.2, 0) is 4.79 Å². The summed E-state index contributed by atoms with van der Waals surface area (Å²) in [6, 6.07) is 0. The standard InChI is InChI=1S/C15H23N3O/c16-9-13-1-2-14(19)18(17-13)15-6-10-3-11(7-15)5-12(4-10)8-15/h10-12H,1-9,16H2. The Labute approximate surface area is 114 Å². The molecule has 4 fully saturated rings. The lowest BCUT2D eigenvalue weighted by Gasteiger charge is -2.59. The van der Waals surface area contributed by atoms with Crippen molar-refractivity contribution < 1.29 is 4.79 Å². The third-order valence-electron chi connectivity index (χ3n) is 5.80. The van der Waals surface area contributed by atoms with Gasteiger partial charge in [-0.25, -0.2) is 5.01 Å². The number of carbonyl (C=O) groups is 1. The molecule has 0 spiro atoms. The molecule has 4 saturated carbocycles. The van der Waals surface area contributed by atoms with E-state index in [1.54, 1.807) is 0 Å². The molecule has 0 aromatic heterocycles. The third-order valence-corrected chi connectivity index (χ3v) is 5.80. The van der Waals surface area contributed by atoms with Crippen LogP contribution in [0.25, 0.3) is 0 Å². The predicted octanol–water partition coefficient (Wildman–Crippen LogP) is 1.89. The molecule has 19 heavy (non-hydrogen) atoms. The first-order valence-corrected chi connectivity index (χ1v) is 7.78. The van der Waals surface area contributed by atoms with Crippen LogP contribution in [0.1, 0.15) is 51.4 Å². The molecule has 0 atom stereocenters. The van der Waals surface area contributed by atoms with Crippen LogP contribution in [0.15, 0.2) is 5.10 Å². The summed E-state index contributed by atoms with van der Waals surface area (Å²) in [5, 5.41) is 6.54. The number of nitrogens with zero attached hydrogens (tertiary/aromatic N) is 2. The third kappa shape index (κ3) is 1.76. The van der Waals surface area contributed by atoms with E-state index in [2.05, 4.69) is 5.10 Å². The number of rotatable bonds is 2. The zero-order chi connectivity index (χ0) is 13.0. The van der Waals surface area contributed by atoms with Crippen LogP contribution in [0.3, 0.4) is 0 Å². The van der Waals surface area contributed by atoms with Crippen LogP contribution in [0, 0.1) is 17.8 Å². The summed E-state index contributed by atoms with van der Waals surface area (Å²) in [5.74, 6) is 2.77. The van der Waals surface area contributed by atoms with E-state index in [1.807, 2.05) is 5.01 Å². The molecule has 2 N–H and O–H groups in total. The zero-order valence-electron chi connectivity index (χ0n) is 11.5. The lowest BCUT2D eigenvalue weighted by molar-refractivity contribution is -0.151. The summed E-state index contributed by atoms with van der Waals surface area (Å²) in [7, 11) is 0. The summed E-state index contributed by atoms with van der Waals surface area (Å²) in [5.41, 5.74) is 6.81. The molecule has 0 unspecified atom stereocenters. The van der Waals surface area contributed by atoms with Crippen molar-refractivity contribution >= 4 is 11.6 Å². The molecule has 0 aromatic carbocycles. The fourth-order valence-electron chi connectivity index (χ4n) is 5.44. The van der Waals surface area contributed by atoms with Gasteiger partial charge in [-0.15, -0.1) is 0 Å². The van der Waals surface area contributed by atoms with E-state index < -0.39 is 0 Å². The first kappa shape index (κ1) is 11.9. The molecule has 0 aromatic rings. The monoisotopic (exact) mass is 261 g/mol. The van der Waals surface area contributed by atoms with Crippen molar-refractivity contribution in [2.24, 2.45) is 28.6 Å². The summed E-state index contributed by atoms with van der Waals surface area (Å²) >= 11 is 0. The van der Waals surface area contributed by atoms with Crippen molar-refractivity contribution in [1.29, 1.82) is 0 Å². The van der Waals surface area contributed by atoms with E-state index in [0.717, 1.165) is 29.9 Å². The van der Waals surface area contributed by atoms with Crippen molar-refractivity contribution in [2.75, 3.05) is 6.54 Å². The van der Waals surface area contributed by atoms with Crippen molar-refractivity contribution in [3.8, 4) is 0 Å². The molecule has 5 rings (SSSR count). The first-order chi connectivity index (χ1) is 9.18. The highest BCUT2D eigenvalue weighted by molar-refractivity contribution is 5.94. The van der Waals surface area contributed by atoms with Crippen molar-refractivity contribution in [3.05, 3.63) is 0 Å². The Morgan fingerprint density at radius 2 is 1.68 bits per heavy atom. The van der Waals surface area contributed by atoms with Gasteiger partial charge in [0.2, 0.25) is 5.91 Å². The molecule has 1 amide bonds. The Kier molecular flexibility index (Phi) is 2.53. The normalized spacial score (nSPS) is 44.7. The highest BCUT2D eigenvalue weighted by atomic mass is 16.2. The number of hydrogen-bond donors (Lipinski definition) is 1. The smallest absolute Gasteiger partial charge is 0.243 e. The van der Waals surface area contributed by atoms with Gasteiger partial charge in [-0.1, -0.05) is 0 Å². The Bertz CT molecular complexity index is 407. The zero-order valence-corrected chi connectivity index (χ0v) is 11.5. The van der Waals surface area contributed by atoms with E-state index in [-0.39, 0.29) is 11.4 Å². The van der Waals surface area contributed by atoms with E-state index in [9.17, 15) is 4.79 Å². The Morgan fingerprint density at radius 3 is 2.21 bits per heavy atom. The maximum atomic E-state index is 12.3. The number of amides is 1. The van der Waals surface area contributed by atoms with Crippen LogP contribution in [0.5, 0.6) is 0 Å². The fraction of sp³-hybridized carbons (Fsp3) is 0.867. The molecule has 4 nitrogen and oxygen atoms in total. The molecule has 1 heterocycles. The van der Waals surface area contributed by atoms with Gasteiger partial charge in [0, 0.05) is 13.0 Å². The fourth-order valence-corrected chi connectivity index (χ4v) is 5.44. The van der Waals surface area contributed by atoms with Crippen LogP contribution in [-0.4, -0.2) is 28.7 Å². The summed E-state index contributed by atoms with van der Waals surface area (Å²) in [6.45, 7) is 0.496. The minimum absolute atomic E-state index is 0.0622. The molecule has 4 heteroatoms. The van der Waals surface area contributed by atoms with Crippen molar-refractivity contribution in [3.63, 3.8) is 0 Å². The van der Waals surface area contributed by atoms with Gasteiger partial charge in [-0.2, -0.15) is 5.10 Å². The van der Waals surface area contributed by atoms with Gasteiger partial charge in [0.1, 0.15) is 0 Å². The summed E-state index contributed by atoms with van der Waals surface area (Å²) in [4.78, 5) is 12.3. The SMILES string of the molecule is NCC1=NN(C23CC4CC(CC(C4)C2)C3)C(=O)CC1. The van der Waals surface area contributed by atoms with Crippen molar-refractivity contribution in [1.82, 2.24) is 5.01 Å². The second-order valence-electron chi connectivity index (χ2n) is 7.22. The van der Waals surface area contributed by atoms with E-state index in [4.69, 9.17) is 5.73 Å². The molecular formula is C15H23N3O. The highest BCUT2D eigenvalue weighted by Gasteiger charge is 2.55. The van der Waals surface area contributed by atoms with Gasteiger partial charge in [-0.05, 0) is 62.7 Å². The Morgan fingerprint density at radius 1 is 1.11 bits per heavy atom. The molecule has 1 aliphatic heterocycles. The van der Waals surface area contributed by atoms with Crippen LogP contribution in [0.4, 0.5) is 0 Å². The Hall–Kier alpha value is -0.900. The average molecular weight is 261 g/mol. The Balaban J connectivity index is 1.69. The summed E-state index contributed by atoms with van der Waals surface area (Å²) < 4.78 is 0. The van der Waals surface area contributed by atoms with Crippen LogP contribution < -0.4 is 5.73 Å². The molecule has 4 bridgehead atoms. The van der Waals surface area contributed by atoms with Gasteiger partial charge < -0.3 is 5.73 Å². The number of hydrazone groups is 1. The first-order valence-electron chi connectivity index (χ1n) is 7.78. The van der Waals surface area contributed by atoms with E-state index >= 15 is 0 Å². The van der Waals surface area contributed by atoms with E-state index in [1.165, 1.54) is 38.5 Å². The van der Waals surface area contributed by atoms with Gasteiger partial charge >= 0.3 is 0 Å². The average Bonchev–Trinajstić information content (AvgIpc) is 2.37.